The summed E-state index contributed by atoms with van der Waals surface area (Å²) in [4.78, 5) is 38.6. The van der Waals surface area contributed by atoms with E-state index in [0.29, 0.717) is 12.8 Å². The number of esters is 1. The van der Waals surface area contributed by atoms with Gasteiger partial charge in [-0.2, -0.15) is 0 Å². The first kappa shape index (κ1) is 19.2. The normalized spacial score (nSPS) is 48.0. The van der Waals surface area contributed by atoms with Crippen LogP contribution in [0.1, 0.15) is 67.2 Å². The van der Waals surface area contributed by atoms with E-state index in [1.54, 1.807) is 0 Å². The molecule has 5 atom stereocenters. The Bertz CT molecular complexity index is 780. The molecule has 4 saturated carbocycles. The average Bonchev–Trinajstić information content (AvgIpc) is 3.13. The van der Waals surface area contributed by atoms with E-state index in [9.17, 15) is 14.4 Å². The number of carbonyl (C=O) groups is 3. The number of nitrogens with one attached hydrogen (secondary N) is 2. The molecule has 4 aliphatic carbocycles. The molecule has 1 heterocycles. The van der Waals surface area contributed by atoms with Crippen LogP contribution < -0.4 is 10.9 Å². The smallest absolute Gasteiger partial charge is 0.313 e. The first-order valence-corrected chi connectivity index (χ1v) is 10.6. The monoisotopic (exact) mass is 440 g/mol. The molecule has 27 heavy (non-hydrogen) atoms. The maximum Gasteiger partial charge on any atom is 0.313 e. The van der Waals surface area contributed by atoms with Crippen molar-refractivity contribution in [2.24, 2.45) is 27.1 Å². The van der Waals surface area contributed by atoms with Gasteiger partial charge in [0.2, 0.25) is 5.91 Å². The quantitative estimate of drug-likeness (QED) is 0.392. The summed E-state index contributed by atoms with van der Waals surface area (Å²) in [6.07, 6.45) is 2.85. The van der Waals surface area contributed by atoms with Gasteiger partial charge >= 0.3 is 5.97 Å². The largest absolute Gasteiger partial charge is 0.448 e. The van der Waals surface area contributed by atoms with E-state index in [0.717, 1.165) is 12.8 Å². The molecule has 5 rings (SSSR count). The van der Waals surface area contributed by atoms with Gasteiger partial charge in [-0.15, -0.1) is 0 Å². The lowest BCUT2D eigenvalue weighted by Gasteiger charge is -2.64. The van der Waals surface area contributed by atoms with Crippen LogP contribution in [0.2, 0.25) is 0 Å². The van der Waals surface area contributed by atoms with E-state index < -0.39 is 27.8 Å². The van der Waals surface area contributed by atoms with Crippen LogP contribution in [-0.4, -0.2) is 28.2 Å². The number of halogens is 1. The lowest BCUT2D eigenvalue weighted by Crippen LogP contribution is -2.71. The lowest BCUT2D eigenvalue weighted by atomic mass is 9.43. The number of fused-ring (bicyclic) bond motifs is 3. The molecule has 0 aromatic rings. The Morgan fingerprint density at radius 1 is 0.926 bits per heavy atom. The molecule has 2 amide bonds. The summed E-state index contributed by atoms with van der Waals surface area (Å²) in [6.45, 7) is 12.1. The molecule has 7 heteroatoms. The lowest BCUT2D eigenvalue weighted by molar-refractivity contribution is -0.171. The summed E-state index contributed by atoms with van der Waals surface area (Å²) < 4.78 is 5.59. The Labute approximate surface area is 168 Å². The third kappa shape index (κ3) is 1.65. The van der Waals surface area contributed by atoms with Gasteiger partial charge in [-0.25, -0.2) is 0 Å². The van der Waals surface area contributed by atoms with Crippen molar-refractivity contribution in [1.29, 1.82) is 0 Å². The summed E-state index contributed by atoms with van der Waals surface area (Å²) in [5, 5.41) is 0. The van der Waals surface area contributed by atoms with E-state index in [2.05, 4.69) is 47.6 Å². The first-order valence-electron chi connectivity index (χ1n) is 9.73. The number of rotatable bonds is 2. The van der Waals surface area contributed by atoms with Crippen molar-refractivity contribution >= 4 is 33.7 Å². The van der Waals surface area contributed by atoms with Gasteiger partial charge in [0.25, 0.3) is 5.91 Å². The predicted molar refractivity (Wildman–Crippen MR) is 103 cm³/mol. The third-order valence-electron chi connectivity index (χ3n) is 9.72. The molecule has 1 aliphatic heterocycles. The minimum atomic E-state index is -1.23. The van der Waals surface area contributed by atoms with Crippen molar-refractivity contribution in [1.82, 2.24) is 10.9 Å². The molecule has 5 unspecified atom stereocenters. The molecule has 150 valence electrons. The van der Waals surface area contributed by atoms with E-state index in [1.165, 1.54) is 0 Å². The second-order valence-electron chi connectivity index (χ2n) is 10.5. The summed E-state index contributed by atoms with van der Waals surface area (Å²) in [5.74, 6) is -0.932. The van der Waals surface area contributed by atoms with E-state index in [4.69, 9.17) is 4.74 Å². The predicted octanol–water partition coefficient (Wildman–Crippen LogP) is 2.85. The molecular formula is C20H29BrN2O4. The van der Waals surface area contributed by atoms with Crippen LogP contribution in [0.5, 0.6) is 0 Å². The van der Waals surface area contributed by atoms with Gasteiger partial charge in [-0.1, -0.05) is 50.5 Å². The minimum Gasteiger partial charge on any atom is -0.448 e. The highest BCUT2D eigenvalue weighted by Gasteiger charge is 2.80. The average molecular weight is 441 g/mol. The molecule has 0 radical (unpaired) electrons. The summed E-state index contributed by atoms with van der Waals surface area (Å²) in [7, 11) is 0. The maximum absolute atomic E-state index is 13.1. The third-order valence-corrected chi connectivity index (χ3v) is 11.5. The summed E-state index contributed by atoms with van der Waals surface area (Å²) in [5.41, 5.74) is 2.10. The molecule has 0 aromatic carbocycles. The zero-order valence-corrected chi connectivity index (χ0v) is 18.5. The zero-order valence-electron chi connectivity index (χ0n) is 16.9. The first-order chi connectivity index (χ1) is 12.2. The van der Waals surface area contributed by atoms with Gasteiger partial charge in [0.1, 0.15) is 0 Å². The number of ether oxygens (including phenoxy) is 1. The Morgan fingerprint density at radius 2 is 1.52 bits per heavy atom. The zero-order chi connectivity index (χ0) is 20.3. The topological polar surface area (TPSA) is 84.5 Å². The summed E-state index contributed by atoms with van der Waals surface area (Å²) >= 11 is 3.74. The molecule has 5 fully saturated rings. The Morgan fingerprint density at radius 3 is 1.93 bits per heavy atom. The van der Waals surface area contributed by atoms with Crippen LogP contribution in [0.3, 0.4) is 0 Å². The van der Waals surface area contributed by atoms with E-state index >= 15 is 0 Å². The molecule has 0 spiro atoms. The fourth-order valence-electron chi connectivity index (χ4n) is 6.53. The van der Waals surface area contributed by atoms with E-state index in [1.807, 2.05) is 20.8 Å². The fourth-order valence-corrected chi connectivity index (χ4v) is 8.34. The van der Waals surface area contributed by atoms with Crippen LogP contribution in [0.4, 0.5) is 0 Å². The van der Waals surface area contributed by atoms with Gasteiger partial charge in [0, 0.05) is 10.2 Å². The SMILES string of the molecule is CC12CCC(C(=O)NNC(=O)C34CCC(C)(C3Br)C4(C)C)(OC1=O)C2(C)C. The van der Waals surface area contributed by atoms with Crippen molar-refractivity contribution in [3.8, 4) is 0 Å². The summed E-state index contributed by atoms with van der Waals surface area (Å²) in [6, 6.07) is 0. The second-order valence-corrected chi connectivity index (χ2v) is 11.4. The van der Waals surface area contributed by atoms with Gasteiger partial charge in [-0.3, -0.25) is 25.2 Å². The number of amides is 2. The highest BCUT2D eigenvalue weighted by atomic mass is 79.9. The van der Waals surface area contributed by atoms with Crippen LogP contribution in [-0.2, 0) is 19.1 Å². The van der Waals surface area contributed by atoms with Crippen LogP contribution in [0, 0.1) is 27.1 Å². The van der Waals surface area contributed by atoms with Crippen molar-refractivity contribution < 1.29 is 19.1 Å². The maximum atomic E-state index is 13.1. The highest BCUT2D eigenvalue weighted by Crippen LogP contribution is 2.79. The Hall–Kier alpha value is -1.11. The number of hydrogen-bond acceptors (Lipinski definition) is 4. The minimum absolute atomic E-state index is 0.0727. The van der Waals surface area contributed by atoms with Crippen molar-refractivity contribution in [2.75, 3.05) is 0 Å². The van der Waals surface area contributed by atoms with Crippen LogP contribution >= 0.6 is 15.9 Å². The molecular weight excluding hydrogens is 412 g/mol. The molecule has 4 bridgehead atoms. The van der Waals surface area contributed by atoms with Crippen LogP contribution in [0.15, 0.2) is 0 Å². The second kappa shape index (κ2) is 4.89. The van der Waals surface area contributed by atoms with Crippen molar-refractivity contribution in [3.05, 3.63) is 0 Å². The van der Waals surface area contributed by atoms with Crippen molar-refractivity contribution in [2.45, 2.75) is 77.7 Å². The molecule has 5 aliphatic rings. The van der Waals surface area contributed by atoms with Gasteiger partial charge in [-0.05, 0) is 43.4 Å². The van der Waals surface area contributed by atoms with Gasteiger partial charge in [0.15, 0.2) is 5.60 Å². The standard InChI is InChI=1S/C20H29BrN2O4/c1-15(2)17(5)7-9-19(15,11(17)21)12(24)22-23-13(25)20-10-8-18(6,14(26)27-20)16(20,3)4/h11H,7-10H2,1-6H3,(H,22,24)(H,23,25). The number of alkyl halides is 1. The molecule has 6 nitrogen and oxygen atoms in total. The number of hydrogen-bond donors (Lipinski definition) is 2. The van der Waals surface area contributed by atoms with Gasteiger partial charge < -0.3 is 4.74 Å². The van der Waals surface area contributed by atoms with E-state index in [-0.39, 0.29) is 27.5 Å². The Balaban J connectivity index is 1.52. The number of hydrazine groups is 1. The Kier molecular flexibility index (Phi) is 3.48. The van der Waals surface area contributed by atoms with Crippen molar-refractivity contribution in [3.63, 3.8) is 0 Å². The highest BCUT2D eigenvalue weighted by molar-refractivity contribution is 9.09. The molecule has 2 N–H and O–H groups in total. The number of carbonyl (C=O) groups excluding carboxylic acids is 3. The molecule has 1 saturated heterocycles. The van der Waals surface area contributed by atoms with Crippen LogP contribution in [0.25, 0.3) is 0 Å². The fraction of sp³-hybridized carbons (Fsp3) is 0.850. The molecule has 0 aromatic heterocycles. The van der Waals surface area contributed by atoms with Gasteiger partial charge in [0.05, 0.1) is 10.8 Å².